The van der Waals surface area contributed by atoms with Gasteiger partial charge >= 0.3 is 6.09 Å². The predicted octanol–water partition coefficient (Wildman–Crippen LogP) is -0.663. The molecule has 0 unspecified atom stereocenters. The van der Waals surface area contributed by atoms with Crippen LogP contribution >= 0.6 is 0 Å². The maximum Gasteiger partial charge on any atom is 0.407 e. The monoisotopic (exact) mass is 172 g/mol. The standard InChI is InChI=1S/C7H12N2O3/c10-7(11)9-1-5-3-12-4-6(2-9)8-5/h5-6,8H,1-4H2,(H,10,11)/t5-,6+. The van der Waals surface area contributed by atoms with Crippen molar-refractivity contribution in [3.05, 3.63) is 0 Å². The Balaban J connectivity index is 2.00. The highest BCUT2D eigenvalue weighted by molar-refractivity contribution is 5.65. The molecule has 0 radical (unpaired) electrons. The fourth-order valence-corrected chi connectivity index (χ4v) is 1.76. The number of carbonyl (C=O) groups is 1. The van der Waals surface area contributed by atoms with Gasteiger partial charge < -0.3 is 20.1 Å². The van der Waals surface area contributed by atoms with Gasteiger partial charge in [0.25, 0.3) is 0 Å². The van der Waals surface area contributed by atoms with Crippen molar-refractivity contribution in [2.75, 3.05) is 26.3 Å². The molecule has 2 N–H and O–H groups in total. The molecular weight excluding hydrogens is 160 g/mol. The number of amides is 1. The van der Waals surface area contributed by atoms with Gasteiger partial charge in [0.2, 0.25) is 0 Å². The van der Waals surface area contributed by atoms with Crippen LogP contribution in [0.4, 0.5) is 4.79 Å². The first-order valence-electron chi connectivity index (χ1n) is 4.07. The number of hydrogen-bond acceptors (Lipinski definition) is 3. The van der Waals surface area contributed by atoms with Crippen LogP contribution in [0.2, 0.25) is 0 Å². The zero-order valence-electron chi connectivity index (χ0n) is 6.69. The first kappa shape index (κ1) is 7.82. The van der Waals surface area contributed by atoms with Crippen LogP contribution in [-0.2, 0) is 4.74 Å². The zero-order valence-corrected chi connectivity index (χ0v) is 6.69. The van der Waals surface area contributed by atoms with E-state index in [1.807, 2.05) is 0 Å². The summed E-state index contributed by atoms with van der Waals surface area (Å²) in [6.07, 6.45) is -0.826. The molecule has 0 spiro atoms. The maximum absolute atomic E-state index is 10.6. The number of nitrogens with zero attached hydrogens (tertiary/aromatic N) is 1. The smallest absolute Gasteiger partial charge is 0.407 e. The van der Waals surface area contributed by atoms with Gasteiger partial charge in [0.15, 0.2) is 0 Å². The van der Waals surface area contributed by atoms with Crippen LogP contribution in [0.15, 0.2) is 0 Å². The van der Waals surface area contributed by atoms with E-state index in [0.29, 0.717) is 26.3 Å². The molecule has 2 aliphatic heterocycles. The minimum atomic E-state index is -0.826. The number of hydrogen-bond donors (Lipinski definition) is 2. The van der Waals surface area contributed by atoms with E-state index in [1.54, 1.807) is 0 Å². The van der Waals surface area contributed by atoms with E-state index >= 15 is 0 Å². The van der Waals surface area contributed by atoms with Crippen molar-refractivity contribution in [2.45, 2.75) is 12.1 Å². The van der Waals surface area contributed by atoms with Gasteiger partial charge in [-0.15, -0.1) is 0 Å². The van der Waals surface area contributed by atoms with Crippen LogP contribution in [-0.4, -0.2) is 54.5 Å². The molecule has 5 heteroatoms. The summed E-state index contributed by atoms with van der Waals surface area (Å²) in [4.78, 5) is 12.1. The van der Waals surface area contributed by atoms with Crippen molar-refractivity contribution < 1.29 is 14.6 Å². The van der Waals surface area contributed by atoms with E-state index in [9.17, 15) is 4.79 Å². The Morgan fingerprint density at radius 1 is 1.42 bits per heavy atom. The van der Waals surface area contributed by atoms with Crippen LogP contribution in [0.1, 0.15) is 0 Å². The fraction of sp³-hybridized carbons (Fsp3) is 0.857. The van der Waals surface area contributed by atoms with Crippen molar-refractivity contribution in [1.82, 2.24) is 10.2 Å². The third-order valence-electron chi connectivity index (χ3n) is 2.26. The van der Waals surface area contributed by atoms with Crippen molar-refractivity contribution in [3.8, 4) is 0 Å². The van der Waals surface area contributed by atoms with E-state index in [4.69, 9.17) is 9.84 Å². The first-order valence-corrected chi connectivity index (χ1v) is 4.07. The topological polar surface area (TPSA) is 61.8 Å². The van der Waals surface area contributed by atoms with Crippen LogP contribution in [0.3, 0.4) is 0 Å². The second-order valence-electron chi connectivity index (χ2n) is 3.29. The van der Waals surface area contributed by atoms with Crippen molar-refractivity contribution in [1.29, 1.82) is 0 Å². The molecule has 2 atom stereocenters. The normalized spacial score (nSPS) is 34.8. The SMILES string of the molecule is O=C(O)N1C[C@H]2COC[C@@H](C1)N2. The third kappa shape index (κ3) is 1.37. The number of morpholine rings is 1. The Kier molecular flexibility index (Phi) is 1.90. The van der Waals surface area contributed by atoms with Gasteiger partial charge in [-0.05, 0) is 0 Å². The molecule has 0 aliphatic carbocycles. The Bertz CT molecular complexity index is 185. The molecule has 5 nitrogen and oxygen atoms in total. The van der Waals surface area contributed by atoms with E-state index in [2.05, 4.69) is 5.32 Å². The van der Waals surface area contributed by atoms with Crippen LogP contribution in [0.25, 0.3) is 0 Å². The lowest BCUT2D eigenvalue weighted by molar-refractivity contribution is -0.00239. The Labute approximate surface area is 70.3 Å². The van der Waals surface area contributed by atoms with Crippen molar-refractivity contribution in [2.24, 2.45) is 0 Å². The minimum absolute atomic E-state index is 0.189. The highest BCUT2D eigenvalue weighted by Gasteiger charge is 2.32. The third-order valence-corrected chi connectivity index (χ3v) is 2.26. The Hall–Kier alpha value is -0.810. The van der Waals surface area contributed by atoms with Gasteiger partial charge in [0, 0.05) is 25.2 Å². The van der Waals surface area contributed by atoms with Crippen LogP contribution < -0.4 is 5.32 Å². The summed E-state index contributed by atoms with van der Waals surface area (Å²) in [6.45, 7) is 2.35. The van der Waals surface area contributed by atoms with Gasteiger partial charge in [-0.3, -0.25) is 0 Å². The lowest BCUT2D eigenvalue weighted by Gasteiger charge is -2.40. The molecule has 68 valence electrons. The Morgan fingerprint density at radius 3 is 2.50 bits per heavy atom. The van der Waals surface area contributed by atoms with E-state index in [1.165, 1.54) is 4.90 Å². The molecule has 2 aliphatic rings. The number of fused-ring (bicyclic) bond motifs is 2. The lowest BCUT2D eigenvalue weighted by Crippen LogP contribution is -2.63. The van der Waals surface area contributed by atoms with Crippen LogP contribution in [0, 0.1) is 0 Å². The average Bonchev–Trinajstić information content (AvgIpc) is 2.03. The highest BCUT2D eigenvalue weighted by atomic mass is 16.5. The summed E-state index contributed by atoms with van der Waals surface area (Å²) in [5, 5.41) is 12.1. The average molecular weight is 172 g/mol. The van der Waals surface area contributed by atoms with Gasteiger partial charge in [-0.25, -0.2) is 4.79 Å². The van der Waals surface area contributed by atoms with E-state index < -0.39 is 6.09 Å². The molecule has 2 saturated heterocycles. The summed E-state index contributed by atoms with van der Waals surface area (Å²) < 4.78 is 5.28. The largest absolute Gasteiger partial charge is 0.465 e. The molecule has 0 aromatic heterocycles. The van der Waals surface area contributed by atoms with E-state index in [-0.39, 0.29) is 12.1 Å². The van der Waals surface area contributed by atoms with Crippen LogP contribution in [0.5, 0.6) is 0 Å². The minimum Gasteiger partial charge on any atom is -0.465 e. The first-order chi connectivity index (χ1) is 5.75. The number of piperazine rings is 1. The second-order valence-corrected chi connectivity index (χ2v) is 3.29. The molecule has 1 amide bonds. The molecule has 0 aromatic rings. The number of ether oxygens (including phenoxy) is 1. The quantitative estimate of drug-likeness (QED) is 0.509. The van der Waals surface area contributed by atoms with Crippen molar-refractivity contribution >= 4 is 6.09 Å². The van der Waals surface area contributed by atoms with Gasteiger partial charge in [0.05, 0.1) is 13.2 Å². The van der Waals surface area contributed by atoms with Crippen molar-refractivity contribution in [3.63, 3.8) is 0 Å². The molecule has 2 heterocycles. The second kappa shape index (κ2) is 2.91. The molecule has 2 fully saturated rings. The molecule has 12 heavy (non-hydrogen) atoms. The Morgan fingerprint density at radius 2 is 2.00 bits per heavy atom. The van der Waals surface area contributed by atoms with E-state index in [0.717, 1.165) is 0 Å². The molecule has 0 saturated carbocycles. The van der Waals surface area contributed by atoms with Gasteiger partial charge in [-0.2, -0.15) is 0 Å². The molecule has 0 aromatic carbocycles. The molecular formula is C7H12N2O3. The zero-order chi connectivity index (χ0) is 8.55. The maximum atomic E-state index is 10.6. The highest BCUT2D eigenvalue weighted by Crippen LogP contribution is 2.10. The summed E-state index contributed by atoms with van der Waals surface area (Å²) in [5.41, 5.74) is 0. The summed E-state index contributed by atoms with van der Waals surface area (Å²) >= 11 is 0. The summed E-state index contributed by atoms with van der Waals surface area (Å²) in [5.74, 6) is 0. The summed E-state index contributed by atoms with van der Waals surface area (Å²) in [7, 11) is 0. The predicted molar refractivity (Wildman–Crippen MR) is 41.1 cm³/mol. The van der Waals surface area contributed by atoms with Gasteiger partial charge in [0.1, 0.15) is 0 Å². The fourth-order valence-electron chi connectivity index (χ4n) is 1.76. The number of nitrogens with one attached hydrogen (secondary N) is 1. The summed E-state index contributed by atoms with van der Waals surface area (Å²) in [6, 6.07) is 0.377. The number of rotatable bonds is 0. The van der Waals surface area contributed by atoms with Gasteiger partial charge in [-0.1, -0.05) is 0 Å². The molecule has 2 rings (SSSR count). The lowest BCUT2D eigenvalue weighted by atomic mass is 10.1. The molecule has 2 bridgehead atoms. The number of carboxylic acid groups (broad SMARTS) is 1.